The SMILES string of the molecule is CCC(C)(C)N(C)c1cc(CN)cc(C)n1. The smallest absolute Gasteiger partial charge is 0.129 e. The molecule has 1 aromatic heterocycles. The van der Waals surface area contributed by atoms with Crippen LogP contribution in [-0.2, 0) is 6.54 Å². The molecule has 2 N–H and O–H groups in total. The standard InChI is InChI=1S/C13H23N3/c1-6-13(3,4)16(5)12-8-11(9-14)7-10(2)15-12/h7-8H,6,9,14H2,1-5H3. The Labute approximate surface area is 98.7 Å². The molecular weight excluding hydrogens is 198 g/mol. The van der Waals surface area contributed by atoms with Crippen molar-refractivity contribution in [3.8, 4) is 0 Å². The van der Waals surface area contributed by atoms with E-state index in [1.807, 2.05) is 13.0 Å². The molecule has 0 aliphatic carbocycles. The van der Waals surface area contributed by atoms with Crippen LogP contribution in [-0.4, -0.2) is 17.6 Å². The first-order valence-electron chi connectivity index (χ1n) is 5.82. The molecule has 3 heteroatoms. The van der Waals surface area contributed by atoms with Gasteiger partial charge in [0.05, 0.1) is 0 Å². The predicted molar refractivity (Wildman–Crippen MR) is 69.6 cm³/mol. The summed E-state index contributed by atoms with van der Waals surface area (Å²) in [4.78, 5) is 6.79. The molecule has 0 spiro atoms. The summed E-state index contributed by atoms with van der Waals surface area (Å²) in [5.74, 6) is 1.01. The second-order valence-corrected chi connectivity index (χ2v) is 4.90. The average Bonchev–Trinajstić information content (AvgIpc) is 2.27. The van der Waals surface area contributed by atoms with Gasteiger partial charge in [0, 0.05) is 24.8 Å². The van der Waals surface area contributed by atoms with Crippen LogP contribution in [0, 0.1) is 6.92 Å². The Morgan fingerprint density at radius 2 is 2.00 bits per heavy atom. The monoisotopic (exact) mass is 221 g/mol. The highest BCUT2D eigenvalue weighted by Gasteiger charge is 2.22. The fourth-order valence-corrected chi connectivity index (χ4v) is 1.56. The first kappa shape index (κ1) is 13.0. The lowest BCUT2D eigenvalue weighted by Crippen LogP contribution is -2.41. The molecule has 0 aliphatic heterocycles. The minimum absolute atomic E-state index is 0.118. The van der Waals surface area contributed by atoms with Crippen LogP contribution < -0.4 is 10.6 Å². The number of aromatic nitrogens is 1. The summed E-state index contributed by atoms with van der Waals surface area (Å²) >= 11 is 0. The molecule has 0 fully saturated rings. The molecule has 0 saturated heterocycles. The lowest BCUT2D eigenvalue weighted by molar-refractivity contribution is 0.467. The number of nitrogens with two attached hydrogens (primary N) is 1. The van der Waals surface area contributed by atoms with E-state index < -0.39 is 0 Å². The Balaban J connectivity index is 3.08. The molecule has 1 heterocycles. The second-order valence-electron chi connectivity index (χ2n) is 4.90. The third kappa shape index (κ3) is 2.73. The van der Waals surface area contributed by atoms with Gasteiger partial charge in [-0.05, 0) is 44.9 Å². The topological polar surface area (TPSA) is 42.1 Å². The summed E-state index contributed by atoms with van der Waals surface area (Å²) in [5.41, 5.74) is 7.97. The van der Waals surface area contributed by atoms with Gasteiger partial charge < -0.3 is 10.6 Å². The van der Waals surface area contributed by atoms with Crippen molar-refractivity contribution in [2.45, 2.75) is 46.2 Å². The molecule has 1 rings (SSSR count). The molecule has 0 aromatic carbocycles. The largest absolute Gasteiger partial charge is 0.355 e. The normalized spacial score (nSPS) is 11.6. The summed E-state index contributed by atoms with van der Waals surface area (Å²) in [6.45, 7) is 9.21. The van der Waals surface area contributed by atoms with E-state index in [0.717, 1.165) is 23.5 Å². The summed E-state index contributed by atoms with van der Waals surface area (Å²) in [6.07, 6.45) is 1.08. The quantitative estimate of drug-likeness (QED) is 0.849. The van der Waals surface area contributed by atoms with Gasteiger partial charge in [-0.1, -0.05) is 6.92 Å². The zero-order valence-electron chi connectivity index (χ0n) is 11.0. The number of hydrogen-bond acceptors (Lipinski definition) is 3. The van der Waals surface area contributed by atoms with Crippen molar-refractivity contribution in [1.82, 2.24) is 4.98 Å². The Bertz CT molecular complexity index is 358. The molecule has 0 radical (unpaired) electrons. The minimum atomic E-state index is 0.118. The lowest BCUT2D eigenvalue weighted by Gasteiger charge is -2.36. The van der Waals surface area contributed by atoms with E-state index >= 15 is 0 Å². The Kier molecular flexibility index (Phi) is 3.92. The number of rotatable bonds is 4. The zero-order valence-corrected chi connectivity index (χ0v) is 11.0. The van der Waals surface area contributed by atoms with Gasteiger partial charge in [-0.2, -0.15) is 0 Å². The fourth-order valence-electron chi connectivity index (χ4n) is 1.56. The summed E-state index contributed by atoms with van der Waals surface area (Å²) in [6, 6.07) is 4.11. The van der Waals surface area contributed by atoms with Crippen LogP contribution in [0.15, 0.2) is 12.1 Å². The highest BCUT2D eigenvalue weighted by molar-refractivity contribution is 5.44. The maximum absolute atomic E-state index is 5.68. The van der Waals surface area contributed by atoms with Gasteiger partial charge in [-0.3, -0.25) is 0 Å². The molecule has 16 heavy (non-hydrogen) atoms. The third-order valence-electron chi connectivity index (χ3n) is 3.35. The van der Waals surface area contributed by atoms with Crippen LogP contribution in [0.25, 0.3) is 0 Å². The van der Waals surface area contributed by atoms with Crippen molar-refractivity contribution in [3.63, 3.8) is 0 Å². The van der Waals surface area contributed by atoms with Crippen molar-refractivity contribution in [3.05, 3.63) is 23.4 Å². The lowest BCUT2D eigenvalue weighted by atomic mass is 10.00. The third-order valence-corrected chi connectivity index (χ3v) is 3.35. The van der Waals surface area contributed by atoms with Crippen LogP contribution in [0.5, 0.6) is 0 Å². The van der Waals surface area contributed by atoms with Crippen LogP contribution in [0.3, 0.4) is 0 Å². The number of hydrogen-bond donors (Lipinski definition) is 1. The molecule has 0 unspecified atom stereocenters. The van der Waals surface area contributed by atoms with Gasteiger partial charge in [0.1, 0.15) is 5.82 Å². The maximum Gasteiger partial charge on any atom is 0.129 e. The summed E-state index contributed by atoms with van der Waals surface area (Å²) in [5, 5.41) is 0. The summed E-state index contributed by atoms with van der Waals surface area (Å²) < 4.78 is 0. The summed E-state index contributed by atoms with van der Waals surface area (Å²) in [7, 11) is 2.09. The van der Waals surface area contributed by atoms with Crippen molar-refractivity contribution in [1.29, 1.82) is 0 Å². The van der Waals surface area contributed by atoms with Gasteiger partial charge in [-0.15, -0.1) is 0 Å². The van der Waals surface area contributed by atoms with Crippen LogP contribution in [0.1, 0.15) is 38.4 Å². The van der Waals surface area contributed by atoms with Crippen LogP contribution in [0.2, 0.25) is 0 Å². The van der Waals surface area contributed by atoms with Gasteiger partial charge in [0.2, 0.25) is 0 Å². The van der Waals surface area contributed by atoms with Crippen molar-refractivity contribution >= 4 is 5.82 Å². The molecule has 90 valence electrons. The number of aryl methyl sites for hydroxylation is 1. The molecule has 0 atom stereocenters. The van der Waals surface area contributed by atoms with E-state index in [0.29, 0.717) is 6.54 Å². The Hall–Kier alpha value is -1.09. The molecule has 0 saturated carbocycles. The van der Waals surface area contributed by atoms with E-state index in [9.17, 15) is 0 Å². The molecule has 0 bridgehead atoms. The zero-order chi connectivity index (χ0) is 12.3. The Morgan fingerprint density at radius 1 is 1.38 bits per heavy atom. The van der Waals surface area contributed by atoms with Crippen LogP contribution in [0.4, 0.5) is 5.82 Å². The van der Waals surface area contributed by atoms with E-state index in [1.165, 1.54) is 0 Å². The number of anilines is 1. The van der Waals surface area contributed by atoms with Crippen molar-refractivity contribution < 1.29 is 0 Å². The fraction of sp³-hybridized carbons (Fsp3) is 0.615. The minimum Gasteiger partial charge on any atom is -0.355 e. The van der Waals surface area contributed by atoms with Crippen molar-refractivity contribution in [2.24, 2.45) is 5.73 Å². The number of nitrogens with zero attached hydrogens (tertiary/aromatic N) is 2. The maximum atomic E-state index is 5.68. The molecule has 0 amide bonds. The Morgan fingerprint density at radius 3 is 2.50 bits per heavy atom. The van der Waals surface area contributed by atoms with Crippen LogP contribution >= 0.6 is 0 Å². The molecule has 0 aliphatic rings. The van der Waals surface area contributed by atoms with Gasteiger partial charge >= 0.3 is 0 Å². The van der Waals surface area contributed by atoms with Gasteiger partial charge in [0.25, 0.3) is 0 Å². The molecular formula is C13H23N3. The van der Waals surface area contributed by atoms with E-state index in [-0.39, 0.29) is 5.54 Å². The highest BCUT2D eigenvalue weighted by Crippen LogP contribution is 2.24. The first-order chi connectivity index (χ1) is 7.40. The average molecular weight is 221 g/mol. The number of pyridine rings is 1. The van der Waals surface area contributed by atoms with E-state index in [2.05, 4.69) is 43.8 Å². The van der Waals surface area contributed by atoms with E-state index in [4.69, 9.17) is 5.73 Å². The second kappa shape index (κ2) is 4.83. The van der Waals surface area contributed by atoms with Gasteiger partial charge in [0.15, 0.2) is 0 Å². The molecule has 1 aromatic rings. The highest BCUT2D eigenvalue weighted by atomic mass is 15.2. The van der Waals surface area contributed by atoms with Crippen molar-refractivity contribution in [2.75, 3.05) is 11.9 Å². The van der Waals surface area contributed by atoms with E-state index in [1.54, 1.807) is 0 Å². The van der Waals surface area contributed by atoms with Gasteiger partial charge in [-0.25, -0.2) is 4.98 Å². The molecule has 3 nitrogen and oxygen atoms in total. The first-order valence-corrected chi connectivity index (χ1v) is 5.82. The predicted octanol–water partition coefficient (Wildman–Crippen LogP) is 2.47.